The molecule has 45 heavy (non-hydrogen) atoms. The predicted molar refractivity (Wildman–Crippen MR) is 172 cm³/mol. The molecule has 0 fully saturated rings. The van der Waals surface area contributed by atoms with Crippen molar-refractivity contribution in [3.63, 3.8) is 0 Å². The summed E-state index contributed by atoms with van der Waals surface area (Å²) >= 11 is 0. The number of nitrogens with zero attached hydrogens (tertiary/aromatic N) is 5. The Hall–Kier alpha value is -5.61. The quantitative estimate of drug-likeness (QED) is 0.176. The number of aromatic nitrogens is 6. The molecule has 2 aromatic carbocycles. The van der Waals surface area contributed by atoms with E-state index in [1.807, 2.05) is 79.7 Å². The first-order valence-corrected chi connectivity index (χ1v) is 14.5. The van der Waals surface area contributed by atoms with Gasteiger partial charge in [0, 0.05) is 41.3 Å². The summed E-state index contributed by atoms with van der Waals surface area (Å²) in [6.07, 6.45) is 6.93. The Bertz CT molecular complexity index is 2110. The highest BCUT2D eigenvalue weighted by Crippen LogP contribution is 2.35. The van der Waals surface area contributed by atoms with Crippen molar-refractivity contribution in [2.45, 2.75) is 6.61 Å². The first-order chi connectivity index (χ1) is 22.0. The van der Waals surface area contributed by atoms with Crippen LogP contribution in [0.2, 0.25) is 0 Å². The smallest absolute Gasteiger partial charge is 0.138 e. The highest BCUT2D eigenvalue weighted by molar-refractivity contribution is 6.00. The van der Waals surface area contributed by atoms with Crippen molar-refractivity contribution in [2.24, 2.45) is 0 Å². The molecule has 0 spiro atoms. The van der Waals surface area contributed by atoms with Gasteiger partial charge in [0.1, 0.15) is 41.9 Å². The monoisotopic (exact) mass is 599 g/mol. The fourth-order valence-electron chi connectivity index (χ4n) is 5.21. The molecule has 0 unspecified atom stereocenters. The van der Waals surface area contributed by atoms with Gasteiger partial charge in [0.05, 0.1) is 29.3 Å². The molecule has 0 radical (unpaired) electrons. The average Bonchev–Trinajstić information content (AvgIpc) is 3.68. The summed E-state index contributed by atoms with van der Waals surface area (Å²) in [5, 5.41) is 9.42. The van der Waals surface area contributed by atoms with Crippen LogP contribution in [0.4, 0.5) is 4.39 Å². The molecular formula is C35H30FN7O2. The number of halogens is 1. The van der Waals surface area contributed by atoms with Gasteiger partial charge in [-0.25, -0.2) is 9.37 Å². The third-order valence-electron chi connectivity index (χ3n) is 7.48. The van der Waals surface area contributed by atoms with Crippen LogP contribution in [0.15, 0.2) is 97.6 Å². The van der Waals surface area contributed by atoms with E-state index in [-0.39, 0.29) is 5.82 Å². The van der Waals surface area contributed by atoms with Crippen LogP contribution in [-0.4, -0.2) is 62.3 Å². The number of H-pyrrole nitrogens is 2. The summed E-state index contributed by atoms with van der Waals surface area (Å²) in [7, 11) is 3.94. The van der Waals surface area contributed by atoms with E-state index in [2.05, 4.69) is 30.1 Å². The van der Waals surface area contributed by atoms with Gasteiger partial charge in [-0.15, -0.1) is 0 Å². The van der Waals surface area contributed by atoms with Crippen molar-refractivity contribution >= 4 is 21.9 Å². The SMILES string of the molecule is CN(C)CCOc1cc(F)cc(-c2ccnc3[nH]c(-c4n[nH]c5cnc(-c6cncc(OCc7ccccc7)c6)cc45)cc23)c1. The Morgan fingerprint density at radius 2 is 1.69 bits per heavy atom. The number of hydrogen-bond donors (Lipinski definition) is 2. The summed E-state index contributed by atoms with van der Waals surface area (Å²) in [5.74, 6) is 0.772. The molecule has 2 N–H and O–H groups in total. The molecule has 5 aromatic heterocycles. The molecule has 0 aliphatic rings. The van der Waals surface area contributed by atoms with Gasteiger partial charge in [0.2, 0.25) is 0 Å². The summed E-state index contributed by atoms with van der Waals surface area (Å²) in [6, 6.07) is 22.5. The first kappa shape index (κ1) is 28.2. The van der Waals surface area contributed by atoms with Gasteiger partial charge in [-0.3, -0.25) is 15.1 Å². The van der Waals surface area contributed by atoms with Crippen molar-refractivity contribution in [3.8, 4) is 45.3 Å². The van der Waals surface area contributed by atoms with Crippen molar-refractivity contribution in [3.05, 3.63) is 109 Å². The highest BCUT2D eigenvalue weighted by Gasteiger charge is 2.16. The molecule has 224 valence electrons. The lowest BCUT2D eigenvalue weighted by Gasteiger charge is -2.12. The molecule has 0 saturated heterocycles. The second-order valence-electron chi connectivity index (χ2n) is 11.0. The topological polar surface area (TPSA) is 105 Å². The molecule has 0 aliphatic carbocycles. The Kier molecular flexibility index (Phi) is 7.62. The zero-order valence-electron chi connectivity index (χ0n) is 24.8. The summed E-state index contributed by atoms with van der Waals surface area (Å²) in [5.41, 5.74) is 7.11. The molecule has 0 saturated carbocycles. The van der Waals surface area contributed by atoms with Crippen LogP contribution in [-0.2, 0) is 6.61 Å². The molecule has 0 atom stereocenters. The largest absolute Gasteiger partial charge is 0.492 e. The molecule has 0 amide bonds. The lowest BCUT2D eigenvalue weighted by molar-refractivity contribution is 0.260. The number of pyridine rings is 3. The average molecular weight is 600 g/mol. The fraction of sp³-hybridized carbons (Fsp3) is 0.143. The molecule has 7 aromatic rings. The predicted octanol–water partition coefficient (Wildman–Crippen LogP) is 6.89. The third kappa shape index (κ3) is 6.09. The number of nitrogens with one attached hydrogen (secondary N) is 2. The molecule has 9 nitrogen and oxygen atoms in total. The van der Waals surface area contributed by atoms with Crippen molar-refractivity contribution in [2.75, 3.05) is 27.2 Å². The number of ether oxygens (including phenoxy) is 2. The molecule has 10 heteroatoms. The highest BCUT2D eigenvalue weighted by atomic mass is 19.1. The second-order valence-corrected chi connectivity index (χ2v) is 11.0. The van der Waals surface area contributed by atoms with E-state index in [9.17, 15) is 4.39 Å². The van der Waals surface area contributed by atoms with E-state index in [0.29, 0.717) is 41.6 Å². The van der Waals surface area contributed by atoms with Crippen molar-refractivity contribution in [1.29, 1.82) is 0 Å². The minimum atomic E-state index is -0.365. The molecular weight excluding hydrogens is 569 g/mol. The number of benzene rings is 2. The maximum atomic E-state index is 14.7. The Morgan fingerprint density at radius 1 is 0.822 bits per heavy atom. The third-order valence-corrected chi connectivity index (χ3v) is 7.48. The van der Waals surface area contributed by atoms with Gasteiger partial charge < -0.3 is 19.4 Å². The molecule has 0 aliphatic heterocycles. The minimum Gasteiger partial charge on any atom is -0.492 e. The minimum absolute atomic E-state index is 0.365. The van der Waals surface area contributed by atoms with Gasteiger partial charge in [-0.2, -0.15) is 5.10 Å². The maximum Gasteiger partial charge on any atom is 0.138 e. The lowest BCUT2D eigenvalue weighted by Crippen LogP contribution is -2.19. The van der Waals surface area contributed by atoms with Crippen LogP contribution in [0.5, 0.6) is 11.5 Å². The normalized spacial score (nSPS) is 11.5. The summed E-state index contributed by atoms with van der Waals surface area (Å²) in [4.78, 5) is 19.0. The molecule has 7 rings (SSSR count). The standard InChI is InChI=1S/C35H30FN7O2/c1-43(2)10-11-44-26-13-23(12-25(36)15-26)28-8-9-38-35-29(28)16-32(40-35)34-30-17-31(39-20-33(30)41-42-34)24-14-27(19-37-18-24)45-21-22-6-4-3-5-7-22/h3-9,12-20H,10-11,21H2,1-2H3,(H,38,40)(H,41,42). The molecule has 5 heterocycles. The van der Waals surface area contributed by atoms with Crippen molar-refractivity contribution < 1.29 is 13.9 Å². The van der Waals surface area contributed by atoms with Crippen LogP contribution >= 0.6 is 0 Å². The van der Waals surface area contributed by atoms with Gasteiger partial charge in [0.25, 0.3) is 0 Å². The number of rotatable bonds is 10. The number of hydrogen-bond acceptors (Lipinski definition) is 7. The zero-order valence-corrected chi connectivity index (χ0v) is 24.8. The van der Waals surface area contributed by atoms with Crippen LogP contribution in [0.1, 0.15) is 5.56 Å². The Morgan fingerprint density at radius 3 is 2.56 bits per heavy atom. The van der Waals surface area contributed by atoms with E-state index in [1.54, 1.807) is 24.8 Å². The lowest BCUT2D eigenvalue weighted by atomic mass is 10.0. The second kappa shape index (κ2) is 12.2. The number of likely N-dealkylation sites (N-methyl/N-ethyl adjacent to an activating group) is 1. The maximum absolute atomic E-state index is 14.7. The van der Waals surface area contributed by atoms with E-state index in [1.165, 1.54) is 12.1 Å². The Labute approximate surface area is 258 Å². The van der Waals surface area contributed by atoms with E-state index < -0.39 is 0 Å². The number of fused-ring (bicyclic) bond motifs is 2. The van der Waals surface area contributed by atoms with Crippen LogP contribution in [0, 0.1) is 5.82 Å². The zero-order chi connectivity index (χ0) is 30.8. The number of aromatic amines is 2. The van der Waals surface area contributed by atoms with Crippen LogP contribution < -0.4 is 9.47 Å². The molecule has 0 bridgehead atoms. The summed E-state index contributed by atoms with van der Waals surface area (Å²) in [6.45, 7) is 1.63. The first-order valence-electron chi connectivity index (χ1n) is 14.5. The van der Waals surface area contributed by atoms with E-state index in [0.717, 1.165) is 50.9 Å². The van der Waals surface area contributed by atoms with Gasteiger partial charge in [0.15, 0.2) is 0 Å². The van der Waals surface area contributed by atoms with Crippen molar-refractivity contribution in [1.82, 2.24) is 35.0 Å². The summed E-state index contributed by atoms with van der Waals surface area (Å²) < 4.78 is 26.5. The van der Waals surface area contributed by atoms with Crippen LogP contribution in [0.3, 0.4) is 0 Å². The van der Waals surface area contributed by atoms with Gasteiger partial charge in [-0.1, -0.05) is 30.3 Å². The van der Waals surface area contributed by atoms with Gasteiger partial charge >= 0.3 is 0 Å². The van der Waals surface area contributed by atoms with Gasteiger partial charge in [-0.05, 0) is 67.2 Å². The Balaban J connectivity index is 1.20. The van der Waals surface area contributed by atoms with E-state index in [4.69, 9.17) is 9.47 Å². The van der Waals surface area contributed by atoms with Crippen LogP contribution in [0.25, 0.3) is 55.7 Å². The fourth-order valence-corrected chi connectivity index (χ4v) is 5.21. The van der Waals surface area contributed by atoms with E-state index >= 15 is 0 Å².